The lowest BCUT2D eigenvalue weighted by atomic mass is 10.00. The van der Waals surface area contributed by atoms with Crippen molar-refractivity contribution in [3.63, 3.8) is 0 Å². The number of nitrogens with two attached hydrogens (primary N) is 2. The van der Waals surface area contributed by atoms with Gasteiger partial charge in [0.25, 0.3) is 0 Å². The number of anilines is 3. The van der Waals surface area contributed by atoms with Crippen LogP contribution in [-0.2, 0) is 0 Å². The molecule has 0 fully saturated rings. The van der Waals surface area contributed by atoms with Crippen LogP contribution in [0.3, 0.4) is 0 Å². The molecule has 0 aliphatic carbocycles. The number of hydrogen-bond acceptors (Lipinski definition) is 13. The van der Waals surface area contributed by atoms with E-state index in [2.05, 4.69) is 25.8 Å². The second-order valence-corrected chi connectivity index (χ2v) is 9.09. The fraction of sp³-hybridized carbons (Fsp3) is 0. The molecule has 3 aromatic heterocycles. The number of aromatic nitrogens is 3. The van der Waals surface area contributed by atoms with E-state index in [1.165, 1.54) is 24.3 Å². The molecule has 218 valence electrons. The summed E-state index contributed by atoms with van der Waals surface area (Å²) >= 11 is 0. The highest BCUT2D eigenvalue weighted by Gasteiger charge is 2.24. The summed E-state index contributed by atoms with van der Waals surface area (Å²) in [5.41, 5.74) is 13.6. The van der Waals surface area contributed by atoms with Crippen molar-refractivity contribution in [2.75, 3.05) is 16.9 Å². The number of nitrogens with one attached hydrogen (secondary N) is 2. The van der Waals surface area contributed by atoms with Crippen LogP contribution in [0.4, 0.5) is 34.9 Å². The predicted molar refractivity (Wildman–Crippen MR) is 151 cm³/mol. The van der Waals surface area contributed by atoms with Gasteiger partial charge >= 0.3 is 0 Å². The molecule has 5 aromatic rings. The summed E-state index contributed by atoms with van der Waals surface area (Å²) in [6.45, 7) is 0. The lowest BCUT2D eigenvalue weighted by Crippen LogP contribution is -2.35. The summed E-state index contributed by atoms with van der Waals surface area (Å²) in [5, 5.41) is 54.0. The van der Waals surface area contributed by atoms with Crippen molar-refractivity contribution >= 4 is 61.3 Å². The zero-order valence-electron chi connectivity index (χ0n) is 22.4. The Labute approximate surface area is 253 Å². The third-order valence-electron chi connectivity index (χ3n) is 6.66. The molecule has 0 radical (unpaired) electrons. The van der Waals surface area contributed by atoms with Crippen LogP contribution in [0, 0.1) is 91.3 Å². The van der Waals surface area contributed by atoms with E-state index in [0.717, 1.165) is 12.1 Å². The number of hydrogen-bond donors (Lipinski definition) is 4. The highest BCUT2D eigenvalue weighted by molar-refractivity contribution is 6.23. The van der Waals surface area contributed by atoms with Crippen molar-refractivity contribution in [1.82, 2.24) is 20.4 Å². The molecule has 0 atom stereocenters. The van der Waals surface area contributed by atoms with Crippen molar-refractivity contribution < 1.29 is 17.6 Å². The Kier molecular flexibility index (Phi) is 7.22. The molecule has 0 saturated carbocycles. The summed E-state index contributed by atoms with van der Waals surface area (Å²) in [6, 6.07) is 13.2. The zero-order valence-corrected chi connectivity index (χ0v) is 22.4. The Bertz CT molecular complexity index is 2580. The second-order valence-electron chi connectivity index (χ2n) is 9.09. The van der Waals surface area contributed by atoms with E-state index in [1.54, 1.807) is 6.07 Å². The maximum atomic E-state index is 15.0. The van der Waals surface area contributed by atoms with Crippen molar-refractivity contribution in [3.05, 3.63) is 68.7 Å². The smallest absolute Gasteiger partial charge is 0.172 e. The van der Waals surface area contributed by atoms with Gasteiger partial charge in [-0.25, -0.2) is 32.5 Å². The molecule has 0 unspecified atom stereocenters. The van der Waals surface area contributed by atoms with Crippen LogP contribution < -0.4 is 32.8 Å². The van der Waals surface area contributed by atoms with Crippen LogP contribution in [0.15, 0.2) is 18.2 Å². The Morgan fingerprint density at radius 2 is 1.11 bits per heavy atom. The van der Waals surface area contributed by atoms with E-state index in [1.807, 2.05) is 12.1 Å². The second kappa shape index (κ2) is 11.2. The number of fused-ring (bicyclic) bond motifs is 6. The number of pyridine rings is 3. The fourth-order valence-corrected chi connectivity index (χ4v) is 4.57. The molecule has 0 spiro atoms. The third-order valence-corrected chi connectivity index (χ3v) is 6.66. The number of benzene rings is 2. The first-order valence-electron chi connectivity index (χ1n) is 12.2. The predicted octanol–water partition coefficient (Wildman–Crippen LogP) is 2.11. The minimum Gasteiger partial charge on any atom is -0.383 e. The van der Waals surface area contributed by atoms with Gasteiger partial charge in [0, 0.05) is 16.2 Å². The molecule has 0 amide bonds. The lowest BCUT2D eigenvalue weighted by Gasteiger charge is -2.15. The Morgan fingerprint density at radius 3 is 1.61 bits per heavy atom. The van der Waals surface area contributed by atoms with Gasteiger partial charge in [-0.15, -0.1) is 0 Å². The molecule has 0 bridgehead atoms. The van der Waals surface area contributed by atoms with Crippen LogP contribution in [0.25, 0.3) is 44.0 Å². The van der Waals surface area contributed by atoms with Crippen LogP contribution >= 0.6 is 0 Å². The SMILES string of the molecule is N#CC(C#N)=c1c(F)c(F)c(=C(C#N)NNc2cc3c4cc(C#N)c(N)nc4c4nc(N)c(C#N)cc4c3nc2C#N)c(F)c1F. The molecule has 5 rings (SSSR count). The number of nitrogens with zero attached hydrogens (tertiary/aromatic N) is 9. The molecule has 6 N–H and O–H groups in total. The highest BCUT2D eigenvalue weighted by atomic mass is 19.2. The van der Waals surface area contributed by atoms with Crippen LogP contribution in [0.5, 0.6) is 0 Å². The van der Waals surface area contributed by atoms with Gasteiger partial charge < -0.3 is 11.5 Å². The number of nitrogen functional groups attached to an aromatic ring is 2. The van der Waals surface area contributed by atoms with E-state index < -0.39 is 45.0 Å². The van der Waals surface area contributed by atoms with Crippen molar-refractivity contribution in [2.24, 2.45) is 0 Å². The summed E-state index contributed by atoms with van der Waals surface area (Å²) in [4.78, 5) is 12.9. The van der Waals surface area contributed by atoms with Gasteiger partial charge in [0.2, 0.25) is 0 Å². The largest absolute Gasteiger partial charge is 0.383 e. The molecule has 0 aliphatic heterocycles. The maximum absolute atomic E-state index is 15.0. The van der Waals surface area contributed by atoms with E-state index in [9.17, 15) is 38.6 Å². The molecular formula is C29H9F4N13. The summed E-state index contributed by atoms with van der Waals surface area (Å²) < 4.78 is 59.4. The van der Waals surface area contributed by atoms with Gasteiger partial charge in [0.15, 0.2) is 29.0 Å². The third kappa shape index (κ3) is 4.40. The number of nitriles is 6. The molecule has 17 heteroatoms. The topological polar surface area (TPSA) is 258 Å². The standard InChI is InChI=1S/C29H9F4N13/c30-21-19(12(6-36)7-37)22(31)24(33)20(23(21)32)18(9-39)46-45-16-3-14-13-1-10(4-34)28(40)43-26(13)27-15(25(14)42-17(16)8-38)2-11(5-35)29(41)44-27/h1-3,45-46H,(H2,40,43)(H2,41,44). The molecular weight excluding hydrogens is 606 g/mol. The first-order valence-corrected chi connectivity index (χ1v) is 12.2. The van der Waals surface area contributed by atoms with Crippen molar-refractivity contribution in [2.45, 2.75) is 0 Å². The van der Waals surface area contributed by atoms with Gasteiger partial charge in [-0.2, -0.15) is 31.6 Å². The van der Waals surface area contributed by atoms with Crippen LogP contribution in [0.1, 0.15) is 16.8 Å². The van der Waals surface area contributed by atoms with E-state index in [0.29, 0.717) is 0 Å². The maximum Gasteiger partial charge on any atom is 0.172 e. The molecule has 46 heavy (non-hydrogen) atoms. The van der Waals surface area contributed by atoms with E-state index in [4.69, 9.17) is 22.0 Å². The molecule has 0 saturated heterocycles. The lowest BCUT2D eigenvalue weighted by molar-refractivity contribution is 0.434. The number of halogens is 4. The van der Waals surface area contributed by atoms with Crippen molar-refractivity contribution in [1.29, 1.82) is 31.6 Å². The monoisotopic (exact) mass is 615 g/mol. The van der Waals surface area contributed by atoms with E-state index >= 15 is 0 Å². The quantitative estimate of drug-likeness (QED) is 0.0982. The number of rotatable bonds is 3. The summed E-state index contributed by atoms with van der Waals surface area (Å²) in [6.07, 6.45) is 0. The molecule has 3 heterocycles. The minimum atomic E-state index is -2.10. The van der Waals surface area contributed by atoms with Gasteiger partial charge in [0.1, 0.15) is 64.8 Å². The van der Waals surface area contributed by atoms with Gasteiger partial charge in [-0.3, -0.25) is 10.9 Å². The van der Waals surface area contributed by atoms with Gasteiger partial charge in [-0.05, 0) is 18.2 Å². The van der Waals surface area contributed by atoms with Gasteiger partial charge in [0.05, 0.1) is 38.3 Å². The molecule has 2 aromatic carbocycles. The van der Waals surface area contributed by atoms with Crippen LogP contribution in [0.2, 0.25) is 0 Å². The normalized spacial score (nSPS) is 10.2. The Hall–Kier alpha value is -7.73. The first-order chi connectivity index (χ1) is 22.0. The molecule has 0 aliphatic rings. The van der Waals surface area contributed by atoms with Crippen molar-refractivity contribution in [3.8, 4) is 36.4 Å². The Balaban J connectivity index is 1.80. The van der Waals surface area contributed by atoms with Crippen LogP contribution in [-0.4, -0.2) is 15.0 Å². The van der Waals surface area contributed by atoms with E-state index in [-0.39, 0.29) is 66.9 Å². The Morgan fingerprint density at radius 1 is 0.609 bits per heavy atom. The zero-order chi connectivity index (χ0) is 33.4. The summed E-state index contributed by atoms with van der Waals surface area (Å²) in [5.74, 6) is -8.68. The first kappa shape index (κ1) is 29.8. The fourth-order valence-electron chi connectivity index (χ4n) is 4.57. The minimum absolute atomic E-state index is 0.0315. The number of hydrazine groups is 1. The molecule has 13 nitrogen and oxygen atoms in total. The summed E-state index contributed by atoms with van der Waals surface area (Å²) in [7, 11) is 0. The average molecular weight is 615 g/mol. The van der Waals surface area contributed by atoms with Gasteiger partial charge in [-0.1, -0.05) is 0 Å². The highest BCUT2D eigenvalue weighted by Crippen LogP contribution is 2.36. The average Bonchev–Trinajstić information content (AvgIpc) is 3.06.